The normalized spacial score (nSPS) is 11.1. The van der Waals surface area contributed by atoms with Crippen LogP contribution in [0.1, 0.15) is 115 Å². The molecule has 0 spiro atoms. The minimum Gasteiger partial charge on any atom is -0.383 e. The summed E-state index contributed by atoms with van der Waals surface area (Å²) in [6.45, 7) is 28.6. The van der Waals surface area contributed by atoms with E-state index >= 15 is 0 Å². The summed E-state index contributed by atoms with van der Waals surface area (Å²) >= 11 is 11.4. The van der Waals surface area contributed by atoms with Gasteiger partial charge in [-0.3, -0.25) is 29.3 Å². The third kappa shape index (κ3) is 28.4. The molecule has 0 aliphatic heterocycles. The lowest BCUT2D eigenvalue weighted by atomic mass is 10.2. The fourth-order valence-corrected chi connectivity index (χ4v) is 7.45. The van der Waals surface area contributed by atoms with Gasteiger partial charge in [0.2, 0.25) is 9.93 Å². The van der Waals surface area contributed by atoms with E-state index in [1.54, 1.807) is 46.2 Å². The number of tetrazole rings is 1. The van der Waals surface area contributed by atoms with E-state index in [9.17, 15) is 13.8 Å². The van der Waals surface area contributed by atoms with Crippen molar-refractivity contribution in [1.82, 2.24) is 102 Å². The van der Waals surface area contributed by atoms with Crippen LogP contribution in [0, 0.1) is 10.7 Å². The van der Waals surface area contributed by atoms with Crippen LogP contribution in [0.5, 0.6) is 0 Å². The lowest BCUT2D eigenvalue weighted by Crippen LogP contribution is -2.07. The third-order valence-electron chi connectivity index (χ3n) is 6.40. The average molecular weight is 1030 g/mol. The van der Waals surface area contributed by atoms with Gasteiger partial charge < -0.3 is 4.52 Å². The lowest BCUT2D eigenvalue weighted by molar-refractivity contribution is 0.367. The van der Waals surface area contributed by atoms with Gasteiger partial charge in [-0.15, -0.1) is 22.0 Å². The quantitative estimate of drug-likeness (QED) is 0.0422. The van der Waals surface area contributed by atoms with Crippen LogP contribution in [-0.2, 0) is 10.8 Å². The Morgan fingerprint density at radius 2 is 1.32 bits per heavy atom. The highest BCUT2D eigenvalue weighted by atomic mass is 32.2. The molecule has 0 amide bonds. The first kappa shape index (κ1) is 59.4. The largest absolute Gasteiger partial charge is 0.383 e. The van der Waals surface area contributed by atoms with Crippen molar-refractivity contribution in [2.45, 2.75) is 156 Å². The van der Waals surface area contributed by atoms with Crippen LogP contribution in [0.3, 0.4) is 0 Å². The highest BCUT2D eigenvalue weighted by Crippen LogP contribution is 2.18. The molecule has 1 atom stereocenters. The Balaban J connectivity index is 0.000000385. The molecule has 24 nitrogen and oxygen atoms in total. The van der Waals surface area contributed by atoms with Crippen molar-refractivity contribution in [2.24, 2.45) is 5.92 Å². The summed E-state index contributed by atoms with van der Waals surface area (Å²) in [7, 11) is -1.03. The maximum atomic E-state index is 11.2. The van der Waals surface area contributed by atoms with Gasteiger partial charge in [0.25, 0.3) is 5.56 Å². The van der Waals surface area contributed by atoms with E-state index in [1.165, 1.54) is 36.8 Å². The van der Waals surface area contributed by atoms with Crippen molar-refractivity contribution in [3.05, 3.63) is 62.6 Å². The van der Waals surface area contributed by atoms with Gasteiger partial charge >= 0.3 is 5.69 Å². The average Bonchev–Trinajstić information content (AvgIpc) is 4.08. The molecular weight excluding hydrogens is 969 g/mol. The molecule has 66 heavy (non-hydrogen) atoms. The number of nitrogens with zero attached hydrogens (tertiary/aromatic N) is 12. The van der Waals surface area contributed by atoms with E-state index in [4.69, 9.17) is 16.7 Å². The minimum atomic E-state index is -1.03. The molecule has 7 aromatic heterocycles. The van der Waals surface area contributed by atoms with Crippen molar-refractivity contribution < 1.29 is 8.73 Å². The second-order valence-corrected chi connectivity index (χ2v) is 23.1. The van der Waals surface area contributed by atoms with Crippen molar-refractivity contribution >= 4 is 70.1 Å². The molecule has 0 aromatic carbocycles. The Labute approximate surface area is 407 Å². The fraction of sp³-hybridized carbons (Fsp3) is 0.611. The van der Waals surface area contributed by atoms with Crippen LogP contribution in [0.2, 0.25) is 0 Å². The van der Waals surface area contributed by atoms with Gasteiger partial charge in [-0.1, -0.05) is 129 Å². The zero-order chi connectivity index (χ0) is 49.6. The van der Waals surface area contributed by atoms with E-state index in [0.29, 0.717) is 48.6 Å². The summed E-state index contributed by atoms with van der Waals surface area (Å²) in [5.41, 5.74) is -0.415. The number of H-pyrrole nitrogens is 8. The number of hydrogen-bond acceptors (Lipinski definition) is 20. The van der Waals surface area contributed by atoms with Crippen molar-refractivity contribution in [2.75, 3.05) is 5.75 Å². The van der Waals surface area contributed by atoms with Crippen LogP contribution in [0.25, 0.3) is 0 Å². The predicted molar refractivity (Wildman–Crippen MR) is 264 cm³/mol. The van der Waals surface area contributed by atoms with E-state index in [0.717, 1.165) is 21.1 Å². The van der Waals surface area contributed by atoms with Crippen LogP contribution in [0.4, 0.5) is 0 Å². The molecule has 368 valence electrons. The third-order valence-corrected chi connectivity index (χ3v) is 12.1. The van der Waals surface area contributed by atoms with Crippen LogP contribution >= 0.6 is 59.3 Å². The van der Waals surface area contributed by atoms with Gasteiger partial charge in [0.15, 0.2) is 15.5 Å². The summed E-state index contributed by atoms with van der Waals surface area (Å²) in [6.07, 6.45) is 6.13. The monoisotopic (exact) mass is 1030 g/mol. The van der Waals surface area contributed by atoms with E-state index in [1.807, 2.05) is 55.4 Å². The standard InChI is InChI=1S/C6H11N3S.C6H9NO2.2C5H9N3OS.2C5H9N3S.C4H8N4S/c1-5(2)3-10-6-7-4-8-9-6;1-4(2)5-3-6(8)7-9-5;1-4(2)10(9)5-6-3-7-8-5;1-3(2)10-5-6-4(9)7-8-5;1-4(2)9-5-6-3-7-8-5;1-4(2)9-5-3-6-8-7-5;1-3(2)8-4(9)5-6-7-8/h4-5H,3H2,1-2H3,(H,7,8,9);3-4H,1-2H3,(H,7,8);3-4H,1-2H3,(H,6,7,8);3H,1-2H3,(H2,6,7,8,9);2*3-4H,1-2H3,(H,6,7,8);3H,1-2H3,(H,5,7,9). The van der Waals surface area contributed by atoms with E-state index in [2.05, 4.69) is 138 Å². The van der Waals surface area contributed by atoms with Crippen molar-refractivity contribution in [3.63, 3.8) is 0 Å². The van der Waals surface area contributed by atoms with E-state index < -0.39 is 10.8 Å². The fourth-order valence-electron chi connectivity index (χ4n) is 3.64. The summed E-state index contributed by atoms with van der Waals surface area (Å²) < 4.78 is 18.2. The maximum absolute atomic E-state index is 11.2. The Kier molecular flexibility index (Phi) is 30.4. The van der Waals surface area contributed by atoms with Gasteiger partial charge in [-0.2, -0.15) is 36.0 Å². The molecule has 30 heteroatoms. The smallest absolute Gasteiger partial charge is 0.341 e. The first-order valence-corrected chi connectivity index (χ1v) is 25.7. The highest BCUT2D eigenvalue weighted by Gasteiger charge is 2.10. The minimum absolute atomic E-state index is 0.0907. The maximum Gasteiger partial charge on any atom is 0.341 e. The number of thioether (sulfide) groups is 4. The number of aromatic amines is 8. The molecule has 0 fully saturated rings. The van der Waals surface area contributed by atoms with Gasteiger partial charge in [-0.25, -0.2) is 29.5 Å². The molecule has 0 saturated heterocycles. The number of rotatable bonds is 13. The lowest BCUT2D eigenvalue weighted by Gasteiger charge is -2.01. The molecule has 7 heterocycles. The Hall–Kier alpha value is -4.65. The zero-order valence-corrected chi connectivity index (χ0v) is 44.5. The second kappa shape index (κ2) is 33.8. The number of nitrogens with one attached hydrogen (secondary N) is 8. The van der Waals surface area contributed by atoms with Crippen LogP contribution in [-0.4, -0.2) is 132 Å². The Morgan fingerprint density at radius 1 is 0.727 bits per heavy atom. The molecule has 0 saturated carbocycles. The summed E-state index contributed by atoms with van der Waals surface area (Å²) in [5.74, 6) is 2.79. The molecule has 1 unspecified atom stereocenters. The Bertz CT molecular complexity index is 2320. The molecule has 0 radical (unpaired) electrons. The van der Waals surface area contributed by atoms with Gasteiger partial charge in [0, 0.05) is 44.8 Å². The zero-order valence-electron chi connectivity index (χ0n) is 39.6. The van der Waals surface area contributed by atoms with Gasteiger partial charge in [0.1, 0.15) is 29.8 Å². The van der Waals surface area contributed by atoms with Crippen LogP contribution < -0.4 is 11.2 Å². The van der Waals surface area contributed by atoms with Crippen molar-refractivity contribution in [3.8, 4) is 0 Å². The van der Waals surface area contributed by atoms with Crippen molar-refractivity contribution in [1.29, 1.82) is 0 Å². The SMILES string of the molecule is CC(C)CSc1ncn[nH]1.CC(C)S(=O)c1ncn[nH]1.CC(C)Sc1cn[nH]n1.CC(C)Sc1n[nH]c(=O)[nH]1.CC(C)Sc1ncn[nH]1.CC(C)c1cc(=O)[nH]o1.CC(C)n1[nH]nnc1=S. The van der Waals surface area contributed by atoms with E-state index in [-0.39, 0.29) is 22.4 Å². The Morgan fingerprint density at radius 3 is 1.68 bits per heavy atom. The van der Waals surface area contributed by atoms with Gasteiger partial charge in [-0.05, 0) is 32.0 Å². The molecule has 7 aromatic rings. The molecular formula is C36H64N20O4S6. The molecule has 8 N–H and O–H groups in total. The highest BCUT2D eigenvalue weighted by molar-refractivity contribution is 8.00. The molecule has 0 bridgehead atoms. The summed E-state index contributed by atoms with van der Waals surface area (Å²) in [6, 6.07) is 1.78. The first-order valence-electron chi connectivity index (χ1n) is 20.5. The first-order chi connectivity index (χ1) is 31.2. The number of hydrogen-bond donors (Lipinski definition) is 8. The summed E-state index contributed by atoms with van der Waals surface area (Å²) in [4.78, 5) is 35.2. The molecule has 7 rings (SSSR count). The predicted octanol–water partition coefficient (Wildman–Crippen LogP) is 7.09. The topological polar surface area (TPSA) is 337 Å². The summed E-state index contributed by atoms with van der Waals surface area (Å²) in [5, 5.41) is 52.9. The molecule has 0 aliphatic rings. The second-order valence-electron chi connectivity index (χ2n) is 15.0. The number of aromatic nitrogens is 20. The van der Waals surface area contributed by atoms with Gasteiger partial charge in [0.05, 0.1) is 17.0 Å². The molecule has 0 aliphatic carbocycles. The van der Waals surface area contributed by atoms with Crippen LogP contribution in [0.15, 0.2) is 71.0 Å².